The Balaban J connectivity index is 1.43. The summed E-state index contributed by atoms with van der Waals surface area (Å²) < 4.78 is 0. The molecule has 1 heterocycles. The number of carbonyl (C=O) groups is 1. The first-order valence-electron chi connectivity index (χ1n) is 9.75. The number of hydrogen-bond acceptors (Lipinski definition) is 4. The van der Waals surface area contributed by atoms with Gasteiger partial charge in [0.15, 0.2) is 5.82 Å². The number of nitrogens with one attached hydrogen (secondary N) is 3. The van der Waals surface area contributed by atoms with E-state index in [4.69, 9.17) is 0 Å². The van der Waals surface area contributed by atoms with Crippen molar-refractivity contribution in [1.29, 1.82) is 0 Å². The second-order valence-electron chi connectivity index (χ2n) is 7.64. The van der Waals surface area contributed by atoms with Crippen LogP contribution in [-0.4, -0.2) is 28.2 Å². The van der Waals surface area contributed by atoms with Gasteiger partial charge in [-0.1, -0.05) is 31.0 Å². The third kappa shape index (κ3) is 3.59. The highest BCUT2D eigenvalue weighted by atomic mass is 16.2. The predicted octanol–water partition coefficient (Wildman–Crippen LogP) is 2.95. The van der Waals surface area contributed by atoms with Gasteiger partial charge in [-0.3, -0.25) is 9.59 Å². The topological polar surface area (TPSA) is 86.9 Å². The number of nitrogens with zero attached hydrogens (tertiary/aromatic N) is 1. The number of carbonyl (C=O) groups excluding carboxylic acids is 1. The standard InChI is InChI=1S/C20H26N4O2/c25-19(13-6-1-2-7-13)22-15-9-5-8-14(12-15)21-18-16-10-3-4-11-17(16)20(26)24-23-18/h3-4,10-11,13-15H,1-2,5-9,12H2,(H,21,23)(H,22,25)(H,24,26). The Kier molecular flexibility index (Phi) is 4.91. The largest absolute Gasteiger partial charge is 0.365 e. The van der Waals surface area contributed by atoms with E-state index in [1.165, 1.54) is 12.8 Å². The van der Waals surface area contributed by atoms with Gasteiger partial charge in [-0.25, -0.2) is 5.10 Å². The van der Waals surface area contributed by atoms with Crippen LogP contribution >= 0.6 is 0 Å². The summed E-state index contributed by atoms with van der Waals surface area (Å²) in [5.41, 5.74) is -0.170. The van der Waals surface area contributed by atoms with Gasteiger partial charge >= 0.3 is 0 Å². The van der Waals surface area contributed by atoms with Crippen molar-refractivity contribution in [2.75, 3.05) is 5.32 Å². The van der Waals surface area contributed by atoms with Crippen LogP contribution < -0.4 is 16.2 Å². The first-order valence-corrected chi connectivity index (χ1v) is 9.75. The number of amides is 1. The molecule has 1 aromatic carbocycles. The number of rotatable bonds is 4. The van der Waals surface area contributed by atoms with E-state index in [2.05, 4.69) is 20.8 Å². The van der Waals surface area contributed by atoms with Crippen molar-refractivity contribution in [2.45, 2.75) is 63.5 Å². The normalized spacial score (nSPS) is 23.8. The summed E-state index contributed by atoms with van der Waals surface area (Å²) in [6.07, 6.45) is 8.49. The highest BCUT2D eigenvalue weighted by Gasteiger charge is 2.28. The van der Waals surface area contributed by atoms with Crippen LogP contribution in [0.2, 0.25) is 0 Å². The van der Waals surface area contributed by atoms with Gasteiger partial charge in [-0.15, -0.1) is 0 Å². The molecule has 0 saturated heterocycles. The molecule has 0 spiro atoms. The molecule has 0 bridgehead atoms. The molecule has 3 N–H and O–H groups in total. The summed E-state index contributed by atoms with van der Waals surface area (Å²) in [5.74, 6) is 1.17. The van der Waals surface area contributed by atoms with E-state index in [0.717, 1.165) is 43.9 Å². The molecule has 1 amide bonds. The molecule has 1 aromatic heterocycles. The number of aromatic amines is 1. The fourth-order valence-electron chi connectivity index (χ4n) is 4.38. The molecule has 2 saturated carbocycles. The fraction of sp³-hybridized carbons (Fsp3) is 0.550. The van der Waals surface area contributed by atoms with Gasteiger partial charge in [0.05, 0.1) is 5.39 Å². The zero-order valence-electron chi connectivity index (χ0n) is 15.0. The number of fused-ring (bicyclic) bond motifs is 1. The van der Waals surface area contributed by atoms with Crippen LogP contribution in [0, 0.1) is 5.92 Å². The molecule has 0 aliphatic heterocycles. The molecular weight excluding hydrogens is 328 g/mol. The Hall–Kier alpha value is -2.37. The van der Waals surface area contributed by atoms with Crippen LogP contribution in [0.5, 0.6) is 0 Å². The van der Waals surface area contributed by atoms with Crippen LogP contribution in [0.4, 0.5) is 5.82 Å². The van der Waals surface area contributed by atoms with Gasteiger partial charge in [0.25, 0.3) is 5.56 Å². The number of benzene rings is 1. The molecule has 138 valence electrons. The lowest BCUT2D eigenvalue weighted by Gasteiger charge is -2.31. The van der Waals surface area contributed by atoms with Gasteiger partial charge in [0.2, 0.25) is 5.91 Å². The Labute approximate surface area is 152 Å². The van der Waals surface area contributed by atoms with E-state index in [-0.39, 0.29) is 29.5 Å². The van der Waals surface area contributed by atoms with Gasteiger partial charge in [-0.05, 0) is 44.6 Å². The van der Waals surface area contributed by atoms with E-state index < -0.39 is 0 Å². The molecule has 2 atom stereocenters. The average molecular weight is 354 g/mol. The van der Waals surface area contributed by atoms with Crippen molar-refractivity contribution >= 4 is 22.5 Å². The minimum Gasteiger partial charge on any atom is -0.365 e. The Morgan fingerprint density at radius 3 is 2.54 bits per heavy atom. The Morgan fingerprint density at radius 2 is 1.73 bits per heavy atom. The molecule has 2 unspecified atom stereocenters. The van der Waals surface area contributed by atoms with Crippen molar-refractivity contribution in [2.24, 2.45) is 5.92 Å². The number of aromatic nitrogens is 2. The van der Waals surface area contributed by atoms with E-state index >= 15 is 0 Å². The second kappa shape index (κ2) is 7.48. The number of H-pyrrole nitrogens is 1. The molecule has 2 aromatic rings. The highest BCUT2D eigenvalue weighted by Crippen LogP contribution is 2.27. The summed E-state index contributed by atoms with van der Waals surface area (Å²) in [6, 6.07) is 7.98. The molecule has 4 rings (SSSR count). The lowest BCUT2D eigenvalue weighted by molar-refractivity contribution is -0.125. The number of hydrogen-bond donors (Lipinski definition) is 3. The lowest BCUT2D eigenvalue weighted by Crippen LogP contribution is -2.43. The summed E-state index contributed by atoms with van der Waals surface area (Å²) in [6.45, 7) is 0. The summed E-state index contributed by atoms with van der Waals surface area (Å²) >= 11 is 0. The van der Waals surface area contributed by atoms with Gasteiger partial charge < -0.3 is 10.6 Å². The van der Waals surface area contributed by atoms with Gasteiger partial charge in [0, 0.05) is 23.4 Å². The monoisotopic (exact) mass is 354 g/mol. The number of anilines is 1. The van der Waals surface area contributed by atoms with Crippen LogP contribution in [0.25, 0.3) is 10.8 Å². The maximum absolute atomic E-state index is 12.4. The second-order valence-corrected chi connectivity index (χ2v) is 7.64. The smallest absolute Gasteiger partial charge is 0.272 e. The minimum absolute atomic E-state index is 0.170. The zero-order chi connectivity index (χ0) is 17.9. The summed E-state index contributed by atoms with van der Waals surface area (Å²) in [4.78, 5) is 24.3. The average Bonchev–Trinajstić information content (AvgIpc) is 3.20. The molecule has 0 radical (unpaired) electrons. The third-order valence-electron chi connectivity index (χ3n) is 5.78. The van der Waals surface area contributed by atoms with E-state index in [1.54, 1.807) is 0 Å². The Bertz CT molecular complexity index is 841. The first kappa shape index (κ1) is 17.1. The molecule has 2 aliphatic rings. The van der Waals surface area contributed by atoms with Crippen LogP contribution in [0.1, 0.15) is 51.4 Å². The molecule has 2 fully saturated rings. The molecule has 6 nitrogen and oxygen atoms in total. The van der Waals surface area contributed by atoms with Crippen molar-refractivity contribution in [1.82, 2.24) is 15.5 Å². The molecular formula is C20H26N4O2. The van der Waals surface area contributed by atoms with Crippen LogP contribution in [0.3, 0.4) is 0 Å². The van der Waals surface area contributed by atoms with E-state index in [1.807, 2.05) is 24.3 Å². The van der Waals surface area contributed by atoms with Crippen LogP contribution in [-0.2, 0) is 4.79 Å². The SMILES string of the molecule is O=C(NC1CCCC(Nc2n[nH]c(=O)c3ccccc23)C1)C1CCCC1. The van der Waals surface area contributed by atoms with Crippen molar-refractivity contribution in [3.05, 3.63) is 34.6 Å². The van der Waals surface area contributed by atoms with E-state index in [0.29, 0.717) is 11.2 Å². The third-order valence-corrected chi connectivity index (χ3v) is 5.78. The quantitative estimate of drug-likeness (QED) is 0.788. The molecule has 2 aliphatic carbocycles. The maximum Gasteiger partial charge on any atom is 0.272 e. The lowest BCUT2D eigenvalue weighted by atomic mass is 9.90. The highest BCUT2D eigenvalue weighted by molar-refractivity contribution is 5.90. The first-order chi connectivity index (χ1) is 12.7. The maximum atomic E-state index is 12.4. The zero-order valence-corrected chi connectivity index (χ0v) is 15.0. The summed E-state index contributed by atoms with van der Waals surface area (Å²) in [5, 5.41) is 15.0. The van der Waals surface area contributed by atoms with Gasteiger partial charge in [-0.2, -0.15) is 5.10 Å². The molecule has 6 heteroatoms. The minimum atomic E-state index is -0.170. The van der Waals surface area contributed by atoms with Crippen molar-refractivity contribution < 1.29 is 4.79 Å². The Morgan fingerprint density at radius 1 is 1.00 bits per heavy atom. The van der Waals surface area contributed by atoms with Crippen LogP contribution in [0.15, 0.2) is 29.1 Å². The molecule has 26 heavy (non-hydrogen) atoms. The van der Waals surface area contributed by atoms with Gasteiger partial charge in [0.1, 0.15) is 0 Å². The van der Waals surface area contributed by atoms with Crippen molar-refractivity contribution in [3.63, 3.8) is 0 Å². The summed E-state index contributed by atoms with van der Waals surface area (Å²) in [7, 11) is 0. The fourth-order valence-corrected chi connectivity index (χ4v) is 4.38. The predicted molar refractivity (Wildman–Crippen MR) is 102 cm³/mol. The van der Waals surface area contributed by atoms with E-state index in [9.17, 15) is 9.59 Å². The van der Waals surface area contributed by atoms with Crippen molar-refractivity contribution in [3.8, 4) is 0 Å².